The first-order valence-corrected chi connectivity index (χ1v) is 11.3. The number of benzene rings is 2. The third-order valence-electron chi connectivity index (χ3n) is 5.72. The topological polar surface area (TPSA) is 69.3 Å². The Hall–Kier alpha value is -3.76. The van der Waals surface area contributed by atoms with Crippen LogP contribution >= 0.6 is 11.8 Å². The number of nitrogens with zero attached hydrogens (tertiary/aromatic N) is 4. The highest BCUT2D eigenvalue weighted by Crippen LogP contribution is 2.35. The van der Waals surface area contributed by atoms with Gasteiger partial charge in [0, 0.05) is 36.9 Å². The zero-order chi connectivity index (χ0) is 23.7. The van der Waals surface area contributed by atoms with E-state index in [9.17, 15) is 14.9 Å². The van der Waals surface area contributed by atoms with Crippen LogP contribution < -0.4 is 4.90 Å². The van der Waals surface area contributed by atoms with Gasteiger partial charge in [-0.2, -0.15) is 5.26 Å². The summed E-state index contributed by atoms with van der Waals surface area (Å²) in [5.41, 5.74) is 6.20. The third kappa shape index (κ3) is 4.30. The fourth-order valence-corrected chi connectivity index (χ4v) is 4.78. The first-order valence-electron chi connectivity index (χ1n) is 10.5. The molecule has 0 bridgehead atoms. The van der Waals surface area contributed by atoms with Crippen LogP contribution in [-0.4, -0.2) is 34.7 Å². The van der Waals surface area contributed by atoms with Crippen LogP contribution in [-0.2, 0) is 11.3 Å². The maximum atomic E-state index is 13.0. The molecule has 0 spiro atoms. The normalized spacial score (nSPS) is 14.8. The number of carbonyl (C=O) groups excluding carboxylic acids is 2. The number of imide groups is 1. The molecule has 1 fully saturated rings. The highest BCUT2D eigenvalue weighted by atomic mass is 32.2. The summed E-state index contributed by atoms with van der Waals surface area (Å²) in [5.74, 6) is -0.335. The van der Waals surface area contributed by atoms with E-state index in [0.717, 1.165) is 40.1 Å². The lowest BCUT2D eigenvalue weighted by atomic mass is 10.1. The van der Waals surface area contributed by atoms with E-state index in [1.807, 2.05) is 34.0 Å². The van der Waals surface area contributed by atoms with Crippen LogP contribution in [0.5, 0.6) is 0 Å². The third-order valence-corrected chi connectivity index (χ3v) is 6.63. The molecule has 7 heteroatoms. The number of hydrogen-bond acceptors (Lipinski definition) is 5. The number of anilines is 1. The van der Waals surface area contributed by atoms with E-state index >= 15 is 0 Å². The molecular formula is C26H24N4O2S. The van der Waals surface area contributed by atoms with Crippen LogP contribution in [0, 0.1) is 25.2 Å². The van der Waals surface area contributed by atoms with Crippen LogP contribution in [0.1, 0.15) is 28.1 Å². The van der Waals surface area contributed by atoms with Gasteiger partial charge in [-0.25, -0.2) is 0 Å². The van der Waals surface area contributed by atoms with E-state index < -0.39 is 0 Å². The van der Waals surface area contributed by atoms with Gasteiger partial charge >= 0.3 is 0 Å². The second-order valence-electron chi connectivity index (χ2n) is 8.11. The number of thioether (sulfide) groups is 1. The SMILES string of the molecule is Cc1cc(/C=C2/SC(=O)N(Cc3ccccc3C#N)C2=O)c(C)n1-c1ccc(N(C)C)cc1. The lowest BCUT2D eigenvalue weighted by Gasteiger charge is -2.15. The van der Waals surface area contributed by atoms with Gasteiger partial charge in [-0.15, -0.1) is 0 Å². The summed E-state index contributed by atoms with van der Waals surface area (Å²) in [4.78, 5) is 29.2. The maximum absolute atomic E-state index is 13.0. The fourth-order valence-electron chi connectivity index (χ4n) is 3.95. The Bertz CT molecular complexity index is 1310. The Labute approximate surface area is 197 Å². The monoisotopic (exact) mass is 456 g/mol. The second kappa shape index (κ2) is 9.00. The molecule has 0 aliphatic carbocycles. The van der Waals surface area contributed by atoms with Crippen LogP contribution in [0.4, 0.5) is 10.5 Å². The van der Waals surface area contributed by atoms with Gasteiger partial charge in [0.1, 0.15) is 0 Å². The molecule has 166 valence electrons. The minimum absolute atomic E-state index is 0.0863. The van der Waals surface area contributed by atoms with Gasteiger partial charge in [0.25, 0.3) is 11.1 Å². The van der Waals surface area contributed by atoms with Crippen molar-refractivity contribution in [3.05, 3.63) is 87.6 Å². The number of amides is 2. The number of rotatable bonds is 5. The first-order chi connectivity index (χ1) is 15.8. The largest absolute Gasteiger partial charge is 0.378 e. The zero-order valence-electron chi connectivity index (χ0n) is 19.0. The van der Waals surface area contributed by atoms with E-state index in [1.54, 1.807) is 30.3 Å². The maximum Gasteiger partial charge on any atom is 0.293 e. The molecule has 1 aromatic heterocycles. The van der Waals surface area contributed by atoms with Gasteiger partial charge in [-0.05, 0) is 79.2 Å². The fraction of sp³-hybridized carbons (Fsp3) is 0.192. The summed E-state index contributed by atoms with van der Waals surface area (Å²) < 4.78 is 2.14. The van der Waals surface area contributed by atoms with E-state index in [2.05, 4.69) is 39.8 Å². The molecule has 0 atom stereocenters. The van der Waals surface area contributed by atoms with E-state index in [4.69, 9.17) is 0 Å². The van der Waals surface area contributed by atoms with E-state index in [1.165, 1.54) is 4.90 Å². The molecule has 0 radical (unpaired) electrons. The van der Waals surface area contributed by atoms with Crippen molar-refractivity contribution >= 4 is 34.7 Å². The van der Waals surface area contributed by atoms with Crippen LogP contribution in [0.2, 0.25) is 0 Å². The van der Waals surface area contributed by atoms with Crippen molar-refractivity contribution < 1.29 is 9.59 Å². The summed E-state index contributed by atoms with van der Waals surface area (Å²) in [6.07, 6.45) is 1.79. The molecule has 6 nitrogen and oxygen atoms in total. The van der Waals surface area contributed by atoms with Crippen molar-refractivity contribution in [2.24, 2.45) is 0 Å². The van der Waals surface area contributed by atoms with Crippen molar-refractivity contribution in [1.82, 2.24) is 9.47 Å². The van der Waals surface area contributed by atoms with Gasteiger partial charge in [0.05, 0.1) is 23.1 Å². The van der Waals surface area contributed by atoms with Gasteiger partial charge < -0.3 is 9.47 Å². The van der Waals surface area contributed by atoms with Gasteiger partial charge in [0.15, 0.2) is 0 Å². The number of carbonyl (C=O) groups is 2. The van der Waals surface area contributed by atoms with Crippen molar-refractivity contribution in [2.75, 3.05) is 19.0 Å². The number of hydrogen-bond donors (Lipinski definition) is 0. The highest BCUT2D eigenvalue weighted by Gasteiger charge is 2.35. The number of aromatic nitrogens is 1. The summed E-state index contributed by atoms with van der Waals surface area (Å²) >= 11 is 0.935. The Kier molecular flexibility index (Phi) is 6.12. The number of aryl methyl sites for hydroxylation is 1. The molecule has 4 rings (SSSR count). The first kappa shape index (κ1) is 22.4. The van der Waals surface area contributed by atoms with Gasteiger partial charge in [-0.1, -0.05) is 18.2 Å². The minimum Gasteiger partial charge on any atom is -0.378 e. The smallest absolute Gasteiger partial charge is 0.293 e. The summed E-state index contributed by atoms with van der Waals surface area (Å²) in [5, 5.41) is 8.98. The molecule has 2 heterocycles. The van der Waals surface area contributed by atoms with Crippen molar-refractivity contribution in [3.63, 3.8) is 0 Å². The average molecular weight is 457 g/mol. The van der Waals surface area contributed by atoms with Crippen molar-refractivity contribution in [2.45, 2.75) is 20.4 Å². The van der Waals surface area contributed by atoms with Crippen molar-refractivity contribution in [3.8, 4) is 11.8 Å². The predicted octanol–water partition coefficient (Wildman–Crippen LogP) is 5.27. The zero-order valence-corrected chi connectivity index (χ0v) is 19.8. The molecule has 33 heavy (non-hydrogen) atoms. The summed E-state index contributed by atoms with van der Waals surface area (Å²) in [6, 6.07) is 19.4. The Balaban J connectivity index is 1.62. The molecule has 1 aliphatic rings. The molecule has 3 aromatic rings. The lowest BCUT2D eigenvalue weighted by Crippen LogP contribution is -2.27. The Morgan fingerprint density at radius 3 is 2.42 bits per heavy atom. The van der Waals surface area contributed by atoms with Gasteiger partial charge in [0.2, 0.25) is 0 Å². The highest BCUT2D eigenvalue weighted by molar-refractivity contribution is 8.18. The summed E-state index contributed by atoms with van der Waals surface area (Å²) in [7, 11) is 4.01. The predicted molar refractivity (Wildman–Crippen MR) is 132 cm³/mol. The molecule has 0 N–H and O–H groups in total. The average Bonchev–Trinajstić information content (AvgIpc) is 3.23. The van der Waals surface area contributed by atoms with Crippen LogP contribution in [0.25, 0.3) is 11.8 Å². The Morgan fingerprint density at radius 2 is 1.76 bits per heavy atom. The van der Waals surface area contributed by atoms with Crippen LogP contribution in [0.3, 0.4) is 0 Å². The minimum atomic E-state index is -0.335. The second-order valence-corrected chi connectivity index (χ2v) is 9.10. The van der Waals surface area contributed by atoms with Crippen molar-refractivity contribution in [1.29, 1.82) is 5.26 Å². The molecular weight excluding hydrogens is 432 g/mol. The number of nitriles is 1. The quantitative estimate of drug-likeness (QED) is 0.489. The molecule has 2 amide bonds. The van der Waals surface area contributed by atoms with Crippen LogP contribution in [0.15, 0.2) is 59.5 Å². The van der Waals surface area contributed by atoms with E-state index in [-0.39, 0.29) is 17.7 Å². The molecule has 0 unspecified atom stereocenters. The van der Waals surface area contributed by atoms with E-state index in [0.29, 0.717) is 16.0 Å². The lowest BCUT2D eigenvalue weighted by molar-refractivity contribution is -0.123. The Morgan fingerprint density at radius 1 is 1.06 bits per heavy atom. The molecule has 2 aromatic carbocycles. The standard InChI is InChI=1S/C26H24N4O2S/c1-17-13-21(18(2)30(17)23-11-9-22(10-12-23)28(3)4)14-24-25(31)29(26(32)33-24)16-20-8-6-5-7-19(20)15-27/h5-14H,16H2,1-4H3/b24-14+. The molecule has 0 saturated carbocycles. The summed E-state index contributed by atoms with van der Waals surface area (Å²) in [6.45, 7) is 4.11. The molecule has 1 aliphatic heterocycles. The molecule has 1 saturated heterocycles. The van der Waals surface area contributed by atoms with Gasteiger partial charge in [-0.3, -0.25) is 14.5 Å².